The molecule has 4 heteroatoms. The third kappa shape index (κ3) is 2.04. The van der Waals surface area contributed by atoms with E-state index in [2.05, 4.69) is 17.1 Å². The maximum absolute atomic E-state index is 11.1. The molecule has 1 atom stereocenters. The van der Waals surface area contributed by atoms with Crippen LogP contribution >= 0.6 is 11.3 Å². The maximum Gasteiger partial charge on any atom is 0.312 e. The standard InChI is InChI=1S/C14H13NO2S/c16-14(17)10-6-7-11-13(10)15-12(18-11)8-9-4-2-1-3-5-9/h1-5,10H,6-8H2,(H,16,17). The zero-order valence-electron chi connectivity index (χ0n) is 9.80. The smallest absolute Gasteiger partial charge is 0.312 e. The van der Waals surface area contributed by atoms with Crippen molar-refractivity contribution >= 4 is 17.3 Å². The van der Waals surface area contributed by atoms with Crippen LogP contribution in [0.2, 0.25) is 0 Å². The van der Waals surface area contributed by atoms with E-state index in [-0.39, 0.29) is 5.92 Å². The van der Waals surface area contributed by atoms with E-state index >= 15 is 0 Å². The fraction of sp³-hybridized carbons (Fsp3) is 0.286. The number of aliphatic carboxylic acids is 1. The van der Waals surface area contributed by atoms with E-state index < -0.39 is 5.97 Å². The summed E-state index contributed by atoms with van der Waals surface area (Å²) in [7, 11) is 0. The van der Waals surface area contributed by atoms with Crippen LogP contribution in [0, 0.1) is 0 Å². The number of hydrogen-bond donors (Lipinski definition) is 1. The lowest BCUT2D eigenvalue weighted by Crippen LogP contribution is -2.08. The molecule has 2 aromatic rings. The number of rotatable bonds is 3. The summed E-state index contributed by atoms with van der Waals surface area (Å²) >= 11 is 1.66. The molecule has 0 saturated carbocycles. The zero-order valence-corrected chi connectivity index (χ0v) is 10.6. The van der Waals surface area contributed by atoms with Crippen LogP contribution in [0.4, 0.5) is 0 Å². The number of aromatic nitrogens is 1. The van der Waals surface area contributed by atoms with Gasteiger partial charge in [-0.05, 0) is 18.4 Å². The third-order valence-corrected chi connectivity index (χ3v) is 4.39. The Hall–Kier alpha value is -1.68. The summed E-state index contributed by atoms with van der Waals surface area (Å²) in [4.78, 5) is 16.8. The molecule has 1 aromatic heterocycles. The fourth-order valence-electron chi connectivity index (χ4n) is 2.36. The van der Waals surface area contributed by atoms with Crippen LogP contribution in [0.5, 0.6) is 0 Å². The molecule has 0 amide bonds. The molecule has 1 aromatic carbocycles. The summed E-state index contributed by atoms with van der Waals surface area (Å²) in [5, 5.41) is 10.1. The first-order valence-electron chi connectivity index (χ1n) is 5.99. The van der Waals surface area contributed by atoms with E-state index in [9.17, 15) is 4.79 Å². The van der Waals surface area contributed by atoms with E-state index in [1.807, 2.05) is 18.2 Å². The summed E-state index contributed by atoms with van der Waals surface area (Å²) in [6.07, 6.45) is 2.36. The van der Waals surface area contributed by atoms with Crippen molar-refractivity contribution in [2.75, 3.05) is 0 Å². The minimum absolute atomic E-state index is 0.388. The van der Waals surface area contributed by atoms with Crippen LogP contribution in [0.25, 0.3) is 0 Å². The molecule has 0 saturated heterocycles. The van der Waals surface area contributed by atoms with Gasteiger partial charge in [0.2, 0.25) is 0 Å². The Morgan fingerprint density at radius 2 is 2.17 bits per heavy atom. The summed E-state index contributed by atoms with van der Waals surface area (Å²) in [6.45, 7) is 0. The van der Waals surface area contributed by atoms with Gasteiger partial charge >= 0.3 is 5.97 Å². The quantitative estimate of drug-likeness (QED) is 0.922. The summed E-state index contributed by atoms with van der Waals surface area (Å²) < 4.78 is 0. The highest BCUT2D eigenvalue weighted by Gasteiger charge is 2.32. The van der Waals surface area contributed by atoms with Gasteiger partial charge < -0.3 is 5.11 Å². The zero-order chi connectivity index (χ0) is 12.5. The van der Waals surface area contributed by atoms with Gasteiger partial charge in [0, 0.05) is 11.3 Å². The molecule has 0 bridgehead atoms. The summed E-state index contributed by atoms with van der Waals surface area (Å²) in [5.74, 6) is -1.13. The number of carboxylic acid groups (broad SMARTS) is 1. The van der Waals surface area contributed by atoms with Crippen molar-refractivity contribution in [1.29, 1.82) is 0 Å². The first-order valence-corrected chi connectivity index (χ1v) is 6.81. The molecule has 0 spiro atoms. The molecule has 3 rings (SSSR count). The number of carboxylic acids is 1. The van der Waals surface area contributed by atoms with E-state index in [0.29, 0.717) is 6.42 Å². The highest BCUT2D eigenvalue weighted by atomic mass is 32.1. The Kier molecular flexibility index (Phi) is 2.88. The van der Waals surface area contributed by atoms with Gasteiger partial charge in [0.1, 0.15) is 5.92 Å². The van der Waals surface area contributed by atoms with Gasteiger partial charge in [-0.25, -0.2) is 4.98 Å². The molecular formula is C14H13NO2S. The normalized spacial score (nSPS) is 17.7. The van der Waals surface area contributed by atoms with Crippen molar-refractivity contribution in [3.05, 3.63) is 51.5 Å². The molecule has 18 heavy (non-hydrogen) atoms. The molecular weight excluding hydrogens is 246 g/mol. The average Bonchev–Trinajstić information content (AvgIpc) is 2.89. The lowest BCUT2D eigenvalue weighted by atomic mass is 10.1. The second-order valence-electron chi connectivity index (χ2n) is 4.51. The van der Waals surface area contributed by atoms with Crippen LogP contribution < -0.4 is 0 Å². The summed E-state index contributed by atoms with van der Waals surface area (Å²) in [6, 6.07) is 10.2. The van der Waals surface area contributed by atoms with Gasteiger partial charge in [-0.3, -0.25) is 4.79 Å². The van der Waals surface area contributed by atoms with E-state index in [4.69, 9.17) is 5.11 Å². The first kappa shape index (κ1) is 11.4. The molecule has 0 fully saturated rings. The Balaban J connectivity index is 1.84. The van der Waals surface area contributed by atoms with Gasteiger partial charge in [0.15, 0.2) is 0 Å². The number of benzene rings is 1. The van der Waals surface area contributed by atoms with E-state index in [0.717, 1.165) is 28.4 Å². The fourth-order valence-corrected chi connectivity index (χ4v) is 3.54. The van der Waals surface area contributed by atoms with Crippen molar-refractivity contribution in [1.82, 2.24) is 4.98 Å². The van der Waals surface area contributed by atoms with E-state index in [1.54, 1.807) is 11.3 Å². The number of aryl methyl sites for hydroxylation is 1. The van der Waals surface area contributed by atoms with Gasteiger partial charge in [-0.2, -0.15) is 0 Å². The highest BCUT2D eigenvalue weighted by molar-refractivity contribution is 7.11. The van der Waals surface area contributed by atoms with Crippen LogP contribution in [0.1, 0.15) is 33.5 Å². The molecule has 92 valence electrons. The lowest BCUT2D eigenvalue weighted by molar-refractivity contribution is -0.138. The minimum atomic E-state index is -0.745. The molecule has 1 N–H and O–H groups in total. The second-order valence-corrected chi connectivity index (χ2v) is 5.68. The van der Waals surface area contributed by atoms with Crippen molar-refractivity contribution in [3.63, 3.8) is 0 Å². The molecule has 1 heterocycles. The Morgan fingerprint density at radius 1 is 1.39 bits per heavy atom. The number of carbonyl (C=O) groups is 1. The van der Waals surface area contributed by atoms with Crippen LogP contribution in [-0.2, 0) is 17.6 Å². The Morgan fingerprint density at radius 3 is 2.89 bits per heavy atom. The second kappa shape index (κ2) is 4.53. The van der Waals surface area contributed by atoms with E-state index in [1.165, 1.54) is 5.56 Å². The summed E-state index contributed by atoms with van der Waals surface area (Å²) in [5.41, 5.74) is 2.02. The third-order valence-electron chi connectivity index (χ3n) is 3.26. The average molecular weight is 259 g/mol. The van der Waals surface area contributed by atoms with Crippen LogP contribution in [0.3, 0.4) is 0 Å². The van der Waals surface area contributed by atoms with Crippen molar-refractivity contribution in [2.24, 2.45) is 0 Å². The van der Waals surface area contributed by atoms with Crippen LogP contribution in [0.15, 0.2) is 30.3 Å². The van der Waals surface area contributed by atoms with Crippen molar-refractivity contribution in [3.8, 4) is 0 Å². The highest BCUT2D eigenvalue weighted by Crippen LogP contribution is 2.37. The maximum atomic E-state index is 11.1. The van der Waals surface area contributed by atoms with Gasteiger partial charge in [0.25, 0.3) is 0 Å². The monoisotopic (exact) mass is 259 g/mol. The number of fused-ring (bicyclic) bond motifs is 1. The number of nitrogens with zero attached hydrogens (tertiary/aromatic N) is 1. The SMILES string of the molecule is O=C(O)C1CCc2sc(Cc3ccccc3)nc21. The topological polar surface area (TPSA) is 50.2 Å². The Labute approximate surface area is 109 Å². The lowest BCUT2D eigenvalue weighted by Gasteiger charge is -2.01. The van der Waals surface area contributed by atoms with Crippen LogP contribution in [-0.4, -0.2) is 16.1 Å². The van der Waals surface area contributed by atoms with Gasteiger partial charge in [-0.1, -0.05) is 30.3 Å². The minimum Gasteiger partial charge on any atom is -0.481 e. The molecule has 0 radical (unpaired) electrons. The van der Waals surface area contributed by atoms with Gasteiger partial charge in [0.05, 0.1) is 10.7 Å². The molecule has 0 aliphatic heterocycles. The van der Waals surface area contributed by atoms with Crippen molar-refractivity contribution in [2.45, 2.75) is 25.2 Å². The number of thiazole rings is 1. The predicted molar refractivity (Wildman–Crippen MR) is 70.1 cm³/mol. The van der Waals surface area contributed by atoms with Gasteiger partial charge in [-0.15, -0.1) is 11.3 Å². The Bertz CT molecular complexity index is 577. The molecule has 1 unspecified atom stereocenters. The molecule has 1 aliphatic carbocycles. The first-order chi connectivity index (χ1) is 8.74. The molecule has 1 aliphatic rings. The largest absolute Gasteiger partial charge is 0.481 e. The van der Waals surface area contributed by atoms with Crippen molar-refractivity contribution < 1.29 is 9.90 Å². The molecule has 3 nitrogen and oxygen atoms in total. The predicted octanol–water partition coefficient (Wildman–Crippen LogP) is 2.85. The number of hydrogen-bond acceptors (Lipinski definition) is 3.